The fraction of sp³-hybridized carbons (Fsp3) is 0.750. The van der Waals surface area contributed by atoms with Crippen LogP contribution in [-0.4, -0.2) is 81.3 Å². The number of carbonyl (C=O) groups excluding carboxylic acids is 2. The zero-order valence-electron chi connectivity index (χ0n) is 38.0. The smallest absolute Gasteiger partial charge is 0.309 e. The maximum absolute atomic E-state index is 14.4. The van der Waals surface area contributed by atoms with Crippen LogP contribution in [-0.2, 0) is 32.1 Å². The van der Waals surface area contributed by atoms with Gasteiger partial charge in [0.2, 0.25) is 0 Å². The summed E-state index contributed by atoms with van der Waals surface area (Å²) in [6.45, 7) is 21.4. The molecule has 0 radical (unpaired) electrons. The van der Waals surface area contributed by atoms with Crippen LogP contribution in [0, 0.1) is 56.2 Å². The second-order valence-electron chi connectivity index (χ2n) is 21.8. The number of aromatic nitrogens is 4. The van der Waals surface area contributed by atoms with E-state index >= 15 is 0 Å². The van der Waals surface area contributed by atoms with Gasteiger partial charge in [-0.2, -0.15) is 0 Å². The van der Waals surface area contributed by atoms with Crippen LogP contribution in [0.25, 0.3) is 11.5 Å². The molecule has 11 heteroatoms. The van der Waals surface area contributed by atoms with Gasteiger partial charge in [-0.25, -0.2) is 4.98 Å². The molecule has 0 amide bonds. The molecule has 5 aliphatic carbocycles. The van der Waals surface area contributed by atoms with Crippen molar-refractivity contribution in [3.05, 3.63) is 35.3 Å². The second-order valence-corrected chi connectivity index (χ2v) is 21.8. The Kier molecular flexibility index (Phi) is 11.1. The lowest BCUT2D eigenvalue weighted by molar-refractivity contribution is -0.233. The SMILES string of the molecule is COc1ccc(-c2nnc(C[C@@]34CC[C@]5(C)[C@H](CC[C@@H]6[C@@]7(C)CC[C@H](OC(=O)CC(C)(C)C(=O)O)C(C)(C)[C@@H]7CC[C@]65C)C3=C(C(C)C)C(=O)C4)n2CCN(C)C)nc1. The summed E-state index contributed by atoms with van der Waals surface area (Å²) in [6, 6.07) is 3.86. The molecule has 5 aliphatic rings. The summed E-state index contributed by atoms with van der Waals surface area (Å²) in [5.74, 6) is 2.61. The van der Waals surface area contributed by atoms with E-state index in [0.717, 1.165) is 87.4 Å². The van der Waals surface area contributed by atoms with Gasteiger partial charge < -0.3 is 24.0 Å². The lowest BCUT2D eigenvalue weighted by Crippen LogP contribution is -2.65. The highest BCUT2D eigenvalue weighted by molar-refractivity contribution is 6.00. The number of hydrogen-bond acceptors (Lipinski definition) is 9. The number of esters is 1. The van der Waals surface area contributed by atoms with Crippen LogP contribution in [0.15, 0.2) is 29.5 Å². The molecule has 2 aromatic heterocycles. The average molecular weight is 814 g/mol. The second kappa shape index (κ2) is 15.1. The average Bonchev–Trinajstić information content (AvgIpc) is 3.69. The molecule has 11 nitrogen and oxygen atoms in total. The molecule has 2 heterocycles. The molecule has 1 N–H and O–H groups in total. The minimum atomic E-state index is -1.17. The number of hydrogen-bond donors (Lipinski definition) is 1. The zero-order chi connectivity index (χ0) is 43.1. The van der Waals surface area contributed by atoms with Gasteiger partial charge in [0.1, 0.15) is 23.4 Å². The molecule has 0 aromatic carbocycles. The van der Waals surface area contributed by atoms with Crippen molar-refractivity contribution in [2.45, 2.75) is 146 Å². The first-order chi connectivity index (χ1) is 27.5. The van der Waals surface area contributed by atoms with Crippen molar-refractivity contribution in [2.75, 3.05) is 27.7 Å². The van der Waals surface area contributed by atoms with E-state index in [4.69, 9.17) is 24.7 Å². The van der Waals surface area contributed by atoms with E-state index in [1.807, 2.05) is 12.1 Å². The Hall–Kier alpha value is -3.60. The van der Waals surface area contributed by atoms with Crippen LogP contribution in [0.2, 0.25) is 0 Å². The number of rotatable bonds is 12. The lowest BCUT2D eigenvalue weighted by atomic mass is 9.33. The summed E-state index contributed by atoms with van der Waals surface area (Å²) in [5.41, 5.74) is 1.71. The molecule has 4 saturated carbocycles. The maximum atomic E-state index is 14.4. The number of carboxylic acids is 1. The largest absolute Gasteiger partial charge is 0.495 e. The standard InChI is InChI=1S/C48H71N5O6/c1-29(2)39-33(54)25-48(26-37-50-51-41(53(37)24-23-52(10)11)32-15-13-30(58-12)28-49-32)22-21-46(8)31(40(39)48)14-16-35-45(7)19-18-36(59-38(55)27-43(3,4)42(56)57)44(5,6)34(45)17-20-47(35,46)9/h13,15,28-29,31,34-36H,14,16-27H2,1-12H3,(H,56,57)/t31-,34+,35-,36+,45+,46-,47-,48+/m1/s1. The molecule has 0 unspecified atom stereocenters. The predicted molar refractivity (Wildman–Crippen MR) is 227 cm³/mol. The van der Waals surface area contributed by atoms with Crippen molar-refractivity contribution in [3.8, 4) is 17.3 Å². The Morgan fingerprint density at radius 3 is 2.32 bits per heavy atom. The monoisotopic (exact) mass is 814 g/mol. The summed E-state index contributed by atoms with van der Waals surface area (Å²) < 4.78 is 13.9. The molecule has 0 saturated heterocycles. The van der Waals surface area contributed by atoms with Crippen molar-refractivity contribution < 1.29 is 29.0 Å². The molecule has 2 aromatic rings. The molecule has 0 spiro atoms. The van der Waals surface area contributed by atoms with Gasteiger partial charge in [-0.05, 0) is 137 Å². The van der Waals surface area contributed by atoms with E-state index < -0.39 is 17.4 Å². The third kappa shape index (κ3) is 6.97. The Labute approximate surface area is 352 Å². The van der Waals surface area contributed by atoms with Gasteiger partial charge in [0.25, 0.3) is 0 Å². The number of ether oxygens (including phenoxy) is 2. The molecule has 324 valence electrons. The lowest BCUT2D eigenvalue weighted by Gasteiger charge is -2.72. The van der Waals surface area contributed by atoms with Gasteiger partial charge in [-0.15, -0.1) is 10.2 Å². The number of carbonyl (C=O) groups is 3. The minimum Gasteiger partial charge on any atom is -0.495 e. The topological polar surface area (TPSA) is 137 Å². The van der Waals surface area contributed by atoms with Gasteiger partial charge in [0.15, 0.2) is 11.6 Å². The normalized spacial score (nSPS) is 34.0. The number of nitrogens with zero attached hydrogens (tertiary/aromatic N) is 5. The number of allylic oxidation sites excluding steroid dienone is 2. The van der Waals surface area contributed by atoms with Crippen molar-refractivity contribution in [1.82, 2.24) is 24.6 Å². The Morgan fingerprint density at radius 1 is 0.966 bits per heavy atom. The van der Waals surface area contributed by atoms with Gasteiger partial charge in [-0.3, -0.25) is 14.4 Å². The Bertz CT molecular complexity index is 2000. The summed E-state index contributed by atoms with van der Waals surface area (Å²) in [5, 5.41) is 19.3. The highest BCUT2D eigenvalue weighted by Crippen LogP contribution is 2.77. The fourth-order valence-corrected chi connectivity index (χ4v) is 13.9. The van der Waals surface area contributed by atoms with E-state index in [2.05, 4.69) is 72.0 Å². The fourth-order valence-electron chi connectivity index (χ4n) is 13.9. The van der Waals surface area contributed by atoms with Gasteiger partial charge in [0, 0.05) is 36.8 Å². The summed E-state index contributed by atoms with van der Waals surface area (Å²) in [4.78, 5) is 46.3. The van der Waals surface area contributed by atoms with E-state index in [1.54, 1.807) is 27.2 Å². The van der Waals surface area contributed by atoms with Crippen LogP contribution in [0.1, 0.15) is 132 Å². The highest BCUT2D eigenvalue weighted by atomic mass is 16.5. The van der Waals surface area contributed by atoms with Gasteiger partial charge in [-0.1, -0.05) is 54.0 Å². The van der Waals surface area contributed by atoms with Crippen molar-refractivity contribution >= 4 is 17.7 Å². The van der Waals surface area contributed by atoms with E-state index in [-0.39, 0.29) is 45.5 Å². The predicted octanol–water partition coefficient (Wildman–Crippen LogP) is 8.85. The molecule has 0 bridgehead atoms. The number of likely N-dealkylation sites (N-methyl/N-ethyl adjacent to an activating group) is 1. The summed E-state index contributed by atoms with van der Waals surface area (Å²) >= 11 is 0. The zero-order valence-corrected chi connectivity index (χ0v) is 38.0. The summed E-state index contributed by atoms with van der Waals surface area (Å²) in [7, 11) is 5.81. The Morgan fingerprint density at radius 2 is 1.69 bits per heavy atom. The van der Waals surface area contributed by atoms with Crippen LogP contribution in [0.4, 0.5) is 0 Å². The number of carboxylic acid groups (broad SMARTS) is 1. The molecular weight excluding hydrogens is 743 g/mol. The maximum Gasteiger partial charge on any atom is 0.309 e. The first-order valence-corrected chi connectivity index (χ1v) is 22.3. The molecular formula is C48H71N5O6. The van der Waals surface area contributed by atoms with Crippen molar-refractivity contribution in [2.24, 2.45) is 56.2 Å². The number of methoxy groups -OCH3 is 1. The first kappa shape index (κ1) is 43.5. The number of pyridine rings is 1. The van der Waals surface area contributed by atoms with Crippen LogP contribution in [0.3, 0.4) is 0 Å². The van der Waals surface area contributed by atoms with Crippen molar-refractivity contribution in [1.29, 1.82) is 0 Å². The van der Waals surface area contributed by atoms with Crippen LogP contribution < -0.4 is 4.74 Å². The van der Waals surface area contributed by atoms with E-state index in [0.29, 0.717) is 42.1 Å². The van der Waals surface area contributed by atoms with E-state index in [9.17, 15) is 19.5 Å². The summed E-state index contributed by atoms with van der Waals surface area (Å²) in [6.07, 6.45) is 10.7. The molecule has 7 rings (SSSR count). The highest BCUT2D eigenvalue weighted by Gasteiger charge is 2.70. The molecule has 0 aliphatic heterocycles. The third-order valence-electron chi connectivity index (χ3n) is 17.2. The number of Topliss-reactive ketones (excluding diaryl/α,β-unsaturated/α-hetero) is 1. The first-order valence-electron chi connectivity index (χ1n) is 22.3. The van der Waals surface area contributed by atoms with Gasteiger partial charge in [0.05, 0.1) is 25.1 Å². The minimum absolute atomic E-state index is 0.0140. The van der Waals surface area contributed by atoms with Gasteiger partial charge >= 0.3 is 11.9 Å². The van der Waals surface area contributed by atoms with E-state index in [1.165, 1.54) is 5.57 Å². The Balaban J connectivity index is 1.20. The van der Waals surface area contributed by atoms with Crippen molar-refractivity contribution in [3.63, 3.8) is 0 Å². The number of aliphatic carboxylic acids is 1. The molecule has 59 heavy (non-hydrogen) atoms. The molecule has 4 fully saturated rings. The van der Waals surface area contributed by atoms with Crippen LogP contribution in [0.5, 0.6) is 5.75 Å². The number of ketones is 1. The van der Waals surface area contributed by atoms with Crippen LogP contribution >= 0.6 is 0 Å². The number of fused-ring (bicyclic) bond motifs is 7. The quantitative estimate of drug-likeness (QED) is 0.207. The molecule has 8 atom stereocenters. The third-order valence-corrected chi connectivity index (χ3v) is 17.2.